The fourth-order valence-electron chi connectivity index (χ4n) is 1.99. The Kier molecular flexibility index (Phi) is 9.74. The first kappa shape index (κ1) is 17.9. The van der Waals surface area contributed by atoms with Crippen LogP contribution in [0.3, 0.4) is 0 Å². The molecule has 1 rings (SSSR count). The minimum atomic E-state index is -0.296. The van der Waals surface area contributed by atoms with Gasteiger partial charge < -0.3 is 4.74 Å². The van der Waals surface area contributed by atoms with E-state index in [1.54, 1.807) is 6.07 Å². The highest BCUT2D eigenvalue weighted by Gasteiger charge is 2.03. The number of unbranched alkanes of at least 4 members (excludes halogenated alkanes) is 5. The third-order valence-corrected chi connectivity index (χ3v) is 3.33. The Morgan fingerprint density at radius 2 is 1.90 bits per heavy atom. The molecule has 0 aliphatic rings. The van der Waals surface area contributed by atoms with Crippen LogP contribution in [-0.2, 0) is 0 Å². The van der Waals surface area contributed by atoms with Crippen molar-refractivity contribution in [2.75, 3.05) is 12.5 Å². The third-order valence-electron chi connectivity index (χ3n) is 3.14. The van der Waals surface area contributed by atoms with Gasteiger partial charge in [0.25, 0.3) is 0 Å². The lowest BCUT2D eigenvalue weighted by Gasteiger charge is -2.08. The molecular weight excluding hydrogens is 287 g/mol. The van der Waals surface area contributed by atoms with E-state index in [-0.39, 0.29) is 5.82 Å². The van der Waals surface area contributed by atoms with Gasteiger partial charge in [-0.1, -0.05) is 50.9 Å². The van der Waals surface area contributed by atoms with Crippen molar-refractivity contribution in [3.63, 3.8) is 0 Å². The van der Waals surface area contributed by atoms with Crippen molar-refractivity contribution in [3.05, 3.63) is 29.6 Å². The first-order chi connectivity index (χ1) is 10.3. The van der Waals surface area contributed by atoms with Crippen LogP contribution in [0.4, 0.5) is 4.39 Å². The SMILES string of the molecule is CCCCCCCCOc1cc(F)ccc1C#CCCCl. The molecule has 1 aromatic rings. The van der Waals surface area contributed by atoms with E-state index in [0.29, 0.717) is 24.7 Å². The second-order valence-electron chi connectivity index (χ2n) is 5.00. The van der Waals surface area contributed by atoms with E-state index in [1.165, 1.54) is 37.8 Å². The van der Waals surface area contributed by atoms with E-state index in [2.05, 4.69) is 18.8 Å². The number of rotatable bonds is 9. The lowest BCUT2D eigenvalue weighted by atomic mass is 10.1. The number of hydrogen-bond donors (Lipinski definition) is 0. The molecule has 0 heterocycles. The van der Waals surface area contributed by atoms with Gasteiger partial charge in [-0.3, -0.25) is 0 Å². The molecule has 0 saturated carbocycles. The highest BCUT2D eigenvalue weighted by molar-refractivity contribution is 6.18. The van der Waals surface area contributed by atoms with Crippen molar-refractivity contribution < 1.29 is 9.13 Å². The van der Waals surface area contributed by atoms with Crippen LogP contribution in [0.1, 0.15) is 57.4 Å². The molecule has 0 amide bonds. The molecule has 1 aromatic carbocycles. The molecular formula is C18H24ClFO. The molecule has 0 spiro atoms. The number of hydrogen-bond acceptors (Lipinski definition) is 1. The van der Waals surface area contributed by atoms with Gasteiger partial charge in [-0.2, -0.15) is 0 Å². The zero-order valence-electron chi connectivity index (χ0n) is 12.8. The van der Waals surface area contributed by atoms with Crippen LogP contribution in [0.15, 0.2) is 18.2 Å². The van der Waals surface area contributed by atoms with Crippen molar-refractivity contribution in [1.82, 2.24) is 0 Å². The summed E-state index contributed by atoms with van der Waals surface area (Å²) in [6.07, 6.45) is 7.84. The molecule has 1 nitrogen and oxygen atoms in total. The molecule has 0 saturated heterocycles. The summed E-state index contributed by atoms with van der Waals surface area (Å²) < 4.78 is 19.0. The maximum absolute atomic E-state index is 13.3. The number of alkyl halides is 1. The Hall–Kier alpha value is -1.20. The standard InChI is InChI=1S/C18H24ClFO/c1-2-3-4-5-6-9-14-21-18-15-17(20)12-11-16(18)10-7-8-13-19/h11-12,15H,2-6,8-9,13-14H2,1H3. The quantitative estimate of drug-likeness (QED) is 0.330. The summed E-state index contributed by atoms with van der Waals surface area (Å²) in [5, 5.41) is 0. The summed E-state index contributed by atoms with van der Waals surface area (Å²) in [6.45, 7) is 2.82. The molecule has 0 bridgehead atoms. The van der Waals surface area contributed by atoms with Crippen molar-refractivity contribution in [1.29, 1.82) is 0 Å². The number of halogens is 2. The monoisotopic (exact) mass is 310 g/mol. The molecule has 0 unspecified atom stereocenters. The Morgan fingerprint density at radius 3 is 2.67 bits per heavy atom. The lowest BCUT2D eigenvalue weighted by Crippen LogP contribution is -1.99. The van der Waals surface area contributed by atoms with Crippen LogP contribution in [0.2, 0.25) is 0 Å². The second-order valence-corrected chi connectivity index (χ2v) is 5.38. The molecule has 0 aliphatic heterocycles. The predicted octanol–water partition coefficient (Wildman–Crippen LogP) is 5.55. The first-order valence-electron chi connectivity index (χ1n) is 7.75. The predicted molar refractivity (Wildman–Crippen MR) is 87.5 cm³/mol. The Bertz CT molecular complexity index is 462. The Labute approximate surface area is 132 Å². The molecule has 0 radical (unpaired) electrons. The van der Waals surface area contributed by atoms with Crippen LogP contribution in [0, 0.1) is 17.7 Å². The van der Waals surface area contributed by atoms with Crippen LogP contribution < -0.4 is 4.74 Å². The van der Waals surface area contributed by atoms with Crippen molar-refractivity contribution in [3.8, 4) is 17.6 Å². The van der Waals surface area contributed by atoms with Gasteiger partial charge in [0.15, 0.2) is 0 Å². The van der Waals surface area contributed by atoms with Gasteiger partial charge in [-0.05, 0) is 18.6 Å². The summed E-state index contributed by atoms with van der Waals surface area (Å²) in [5.41, 5.74) is 0.729. The fourth-order valence-corrected chi connectivity index (χ4v) is 2.08. The van der Waals surface area contributed by atoms with Gasteiger partial charge in [0.05, 0.1) is 12.2 Å². The van der Waals surface area contributed by atoms with Gasteiger partial charge >= 0.3 is 0 Å². The molecule has 0 aliphatic carbocycles. The zero-order valence-corrected chi connectivity index (χ0v) is 13.5. The molecule has 0 N–H and O–H groups in total. The van der Waals surface area contributed by atoms with Gasteiger partial charge in [0.1, 0.15) is 11.6 Å². The topological polar surface area (TPSA) is 9.23 Å². The van der Waals surface area contributed by atoms with Gasteiger partial charge in [0.2, 0.25) is 0 Å². The molecule has 3 heteroatoms. The van der Waals surface area contributed by atoms with Crippen molar-refractivity contribution >= 4 is 11.6 Å². The Morgan fingerprint density at radius 1 is 1.14 bits per heavy atom. The number of benzene rings is 1. The Balaban J connectivity index is 2.42. The van der Waals surface area contributed by atoms with E-state index >= 15 is 0 Å². The van der Waals surface area contributed by atoms with Crippen LogP contribution >= 0.6 is 11.6 Å². The van der Waals surface area contributed by atoms with Crippen LogP contribution in [0.25, 0.3) is 0 Å². The summed E-state index contributed by atoms with van der Waals surface area (Å²) in [6, 6.07) is 4.47. The average Bonchev–Trinajstić information content (AvgIpc) is 2.48. The van der Waals surface area contributed by atoms with Crippen molar-refractivity contribution in [2.24, 2.45) is 0 Å². The number of ether oxygens (including phenoxy) is 1. The fraction of sp³-hybridized carbons (Fsp3) is 0.556. The first-order valence-corrected chi connectivity index (χ1v) is 8.28. The minimum Gasteiger partial charge on any atom is -0.492 e. The summed E-state index contributed by atoms with van der Waals surface area (Å²) in [4.78, 5) is 0. The van der Waals surface area contributed by atoms with Gasteiger partial charge in [0, 0.05) is 18.4 Å². The third kappa shape index (κ3) is 7.97. The smallest absolute Gasteiger partial charge is 0.137 e. The molecule has 0 fully saturated rings. The molecule has 0 atom stereocenters. The van der Waals surface area contributed by atoms with E-state index in [0.717, 1.165) is 18.4 Å². The average molecular weight is 311 g/mol. The largest absolute Gasteiger partial charge is 0.492 e. The van der Waals surface area contributed by atoms with E-state index in [4.69, 9.17) is 16.3 Å². The second kappa shape index (κ2) is 11.5. The van der Waals surface area contributed by atoms with Crippen molar-refractivity contribution in [2.45, 2.75) is 51.9 Å². The van der Waals surface area contributed by atoms with Crippen LogP contribution in [-0.4, -0.2) is 12.5 Å². The zero-order chi connectivity index (χ0) is 15.3. The maximum atomic E-state index is 13.3. The molecule has 116 valence electrons. The van der Waals surface area contributed by atoms with Crippen LogP contribution in [0.5, 0.6) is 5.75 Å². The lowest BCUT2D eigenvalue weighted by molar-refractivity contribution is 0.302. The molecule has 21 heavy (non-hydrogen) atoms. The summed E-state index contributed by atoms with van der Waals surface area (Å²) >= 11 is 5.59. The maximum Gasteiger partial charge on any atom is 0.137 e. The summed E-state index contributed by atoms with van der Waals surface area (Å²) in [5.74, 6) is 6.68. The van der Waals surface area contributed by atoms with E-state index < -0.39 is 0 Å². The van der Waals surface area contributed by atoms with E-state index in [9.17, 15) is 4.39 Å². The molecule has 0 aromatic heterocycles. The highest BCUT2D eigenvalue weighted by Crippen LogP contribution is 2.19. The van der Waals surface area contributed by atoms with E-state index in [1.807, 2.05) is 0 Å². The normalized spacial score (nSPS) is 10.0. The minimum absolute atomic E-state index is 0.296. The summed E-state index contributed by atoms with van der Waals surface area (Å²) in [7, 11) is 0. The van der Waals surface area contributed by atoms with Gasteiger partial charge in [-0.15, -0.1) is 11.6 Å². The van der Waals surface area contributed by atoms with Gasteiger partial charge in [-0.25, -0.2) is 4.39 Å². The highest BCUT2D eigenvalue weighted by atomic mass is 35.5.